The summed E-state index contributed by atoms with van der Waals surface area (Å²) in [5.74, 6) is 1.61. The fourth-order valence-electron chi connectivity index (χ4n) is 3.17. The second-order valence-electron chi connectivity index (χ2n) is 8.91. The summed E-state index contributed by atoms with van der Waals surface area (Å²) in [6, 6.07) is 8.03. The third-order valence-electron chi connectivity index (χ3n) is 5.33. The molecule has 3 heterocycles. The Balaban J connectivity index is 1.53. The molecule has 4 rings (SSSR count). The molecule has 4 N–H and O–H groups in total. The van der Waals surface area contributed by atoms with Crippen LogP contribution in [0.4, 0.5) is 11.8 Å². The van der Waals surface area contributed by atoms with E-state index in [1.54, 1.807) is 24.8 Å². The third kappa shape index (κ3) is 4.80. The molecule has 3 aromatic heterocycles. The van der Waals surface area contributed by atoms with Crippen molar-refractivity contribution in [3.05, 3.63) is 60.4 Å². The van der Waals surface area contributed by atoms with Gasteiger partial charge >= 0.3 is 0 Å². The first-order valence-electron chi connectivity index (χ1n) is 10.4. The quantitative estimate of drug-likeness (QED) is 0.386. The lowest BCUT2D eigenvalue weighted by molar-refractivity contribution is 0.234. The summed E-state index contributed by atoms with van der Waals surface area (Å²) in [7, 11) is 0. The maximum atomic E-state index is 9.39. The molecule has 0 saturated carbocycles. The highest BCUT2D eigenvalue weighted by Crippen LogP contribution is 2.32. The summed E-state index contributed by atoms with van der Waals surface area (Å²) < 4.78 is 5.47. The number of nitrogens with two attached hydrogens (primary N) is 1. The lowest BCUT2D eigenvalue weighted by atomic mass is 9.83. The Labute approximate surface area is 191 Å². The van der Waals surface area contributed by atoms with Crippen molar-refractivity contribution in [3.63, 3.8) is 0 Å². The van der Waals surface area contributed by atoms with Crippen LogP contribution < -0.4 is 11.1 Å². The summed E-state index contributed by atoms with van der Waals surface area (Å²) in [4.78, 5) is 21.3. The number of aromatic nitrogens is 6. The fourth-order valence-corrected chi connectivity index (χ4v) is 3.17. The van der Waals surface area contributed by atoms with Gasteiger partial charge in [0.1, 0.15) is 11.5 Å². The summed E-state index contributed by atoms with van der Waals surface area (Å²) in [5.41, 5.74) is 7.91. The monoisotopic (exact) mass is 446 g/mol. The first-order valence-corrected chi connectivity index (χ1v) is 10.4. The van der Waals surface area contributed by atoms with E-state index >= 15 is 0 Å². The molecule has 0 unspecified atom stereocenters. The Morgan fingerprint density at radius 1 is 0.909 bits per heavy atom. The molecule has 1 aromatic carbocycles. The van der Waals surface area contributed by atoms with Gasteiger partial charge in [0, 0.05) is 18.0 Å². The number of aliphatic hydroxyl groups excluding tert-OH is 1. The lowest BCUT2D eigenvalue weighted by Gasteiger charge is -2.23. The van der Waals surface area contributed by atoms with Crippen LogP contribution in [0.25, 0.3) is 22.7 Å². The number of nitrogens with zero attached hydrogens (tertiary/aromatic N) is 6. The molecule has 0 aliphatic carbocycles. The fraction of sp³-hybridized carbons (Fsp3) is 0.304. The van der Waals surface area contributed by atoms with E-state index in [0.717, 1.165) is 16.7 Å². The molecule has 10 nitrogen and oxygen atoms in total. The smallest absolute Gasteiger partial charge is 0.278 e. The van der Waals surface area contributed by atoms with Gasteiger partial charge in [0.2, 0.25) is 5.95 Å². The molecule has 10 heteroatoms. The van der Waals surface area contributed by atoms with Crippen LogP contribution in [-0.2, 0) is 5.41 Å². The first kappa shape index (κ1) is 22.3. The number of nitrogen functional groups attached to an aromatic ring is 1. The predicted molar refractivity (Wildman–Crippen MR) is 124 cm³/mol. The number of aliphatic hydroxyl groups is 1. The average molecular weight is 447 g/mol. The summed E-state index contributed by atoms with van der Waals surface area (Å²) in [6.45, 7) is 7.75. The van der Waals surface area contributed by atoms with Crippen LogP contribution in [0.15, 0.2) is 53.6 Å². The van der Waals surface area contributed by atoms with Crippen LogP contribution in [0, 0.1) is 0 Å². The Hall–Kier alpha value is -3.92. The molecule has 33 heavy (non-hydrogen) atoms. The van der Waals surface area contributed by atoms with Gasteiger partial charge in [0.05, 0.1) is 30.0 Å². The van der Waals surface area contributed by atoms with Crippen molar-refractivity contribution in [3.8, 4) is 22.7 Å². The number of benzene rings is 1. The summed E-state index contributed by atoms with van der Waals surface area (Å²) in [5, 5.41) is 16.7. The van der Waals surface area contributed by atoms with Crippen molar-refractivity contribution in [1.29, 1.82) is 0 Å². The number of rotatable bonds is 7. The SMILES string of the molecule is CC(C)(CO)Nc1cnc(-c2nc(C(C)(C)c3ccc(-c4cnc(N)nc4)cc3)no2)cn1. The van der Waals surface area contributed by atoms with E-state index in [9.17, 15) is 5.11 Å². The zero-order valence-electron chi connectivity index (χ0n) is 18.9. The van der Waals surface area contributed by atoms with Crippen LogP contribution >= 0.6 is 0 Å². The molecule has 0 aliphatic heterocycles. The standard InChI is InChI=1S/C23H26N8O2/c1-22(2,13-32)30-18-12-25-17(11-26-18)19-29-20(31-33-19)23(3,4)16-7-5-14(6-8-16)15-9-27-21(24)28-10-15/h5-12,32H,13H2,1-4H3,(H,26,30)(H2,24,27,28). The van der Waals surface area contributed by atoms with Crippen LogP contribution in [0.1, 0.15) is 39.1 Å². The zero-order chi connectivity index (χ0) is 23.6. The predicted octanol–water partition coefficient (Wildman–Crippen LogP) is 3.07. The normalized spacial score (nSPS) is 12.0. The Kier molecular flexibility index (Phi) is 5.77. The Morgan fingerprint density at radius 3 is 2.21 bits per heavy atom. The van der Waals surface area contributed by atoms with E-state index in [-0.39, 0.29) is 18.4 Å². The van der Waals surface area contributed by atoms with Crippen LogP contribution in [0.2, 0.25) is 0 Å². The van der Waals surface area contributed by atoms with Gasteiger partial charge in [-0.15, -0.1) is 0 Å². The second kappa shape index (κ2) is 8.55. The minimum absolute atomic E-state index is 0.0345. The van der Waals surface area contributed by atoms with Crippen LogP contribution in [0.5, 0.6) is 0 Å². The van der Waals surface area contributed by atoms with Crippen molar-refractivity contribution in [2.24, 2.45) is 0 Å². The highest BCUT2D eigenvalue weighted by molar-refractivity contribution is 5.62. The van der Waals surface area contributed by atoms with Gasteiger partial charge in [0.15, 0.2) is 5.82 Å². The van der Waals surface area contributed by atoms with Gasteiger partial charge in [-0.1, -0.05) is 29.4 Å². The van der Waals surface area contributed by atoms with E-state index in [0.29, 0.717) is 17.3 Å². The van der Waals surface area contributed by atoms with Gasteiger partial charge < -0.3 is 20.7 Å². The largest absolute Gasteiger partial charge is 0.394 e. The number of nitrogens with one attached hydrogen (secondary N) is 1. The van der Waals surface area contributed by atoms with E-state index < -0.39 is 11.0 Å². The van der Waals surface area contributed by atoms with Crippen LogP contribution in [0.3, 0.4) is 0 Å². The average Bonchev–Trinajstić information content (AvgIpc) is 3.31. The molecule has 0 aliphatic rings. The van der Waals surface area contributed by atoms with Crippen molar-refractivity contribution < 1.29 is 9.63 Å². The van der Waals surface area contributed by atoms with Crippen molar-refractivity contribution >= 4 is 11.8 Å². The highest BCUT2D eigenvalue weighted by Gasteiger charge is 2.29. The lowest BCUT2D eigenvalue weighted by Crippen LogP contribution is -2.35. The number of hydrogen-bond donors (Lipinski definition) is 3. The van der Waals surface area contributed by atoms with Gasteiger partial charge in [-0.25, -0.2) is 19.9 Å². The molecule has 0 spiro atoms. The maximum absolute atomic E-state index is 9.39. The van der Waals surface area contributed by atoms with Crippen molar-refractivity contribution in [2.45, 2.75) is 38.6 Å². The number of anilines is 2. The van der Waals surface area contributed by atoms with Crippen molar-refractivity contribution in [2.75, 3.05) is 17.7 Å². The van der Waals surface area contributed by atoms with Gasteiger partial charge in [-0.05, 0) is 38.8 Å². The molecule has 0 fully saturated rings. The molecule has 0 radical (unpaired) electrons. The van der Waals surface area contributed by atoms with E-state index in [4.69, 9.17) is 10.3 Å². The third-order valence-corrected chi connectivity index (χ3v) is 5.33. The molecule has 0 saturated heterocycles. The van der Waals surface area contributed by atoms with Gasteiger partial charge in [-0.2, -0.15) is 4.98 Å². The molecular formula is C23H26N8O2. The topological polar surface area (TPSA) is 149 Å². The Bertz CT molecular complexity index is 1220. The molecule has 0 amide bonds. The molecule has 4 aromatic rings. The summed E-state index contributed by atoms with van der Waals surface area (Å²) in [6.07, 6.45) is 6.52. The van der Waals surface area contributed by atoms with E-state index in [2.05, 4.69) is 35.4 Å². The maximum Gasteiger partial charge on any atom is 0.278 e. The van der Waals surface area contributed by atoms with E-state index in [1.165, 1.54) is 0 Å². The second-order valence-corrected chi connectivity index (χ2v) is 8.91. The Morgan fingerprint density at radius 2 is 1.61 bits per heavy atom. The molecular weight excluding hydrogens is 420 g/mol. The zero-order valence-corrected chi connectivity index (χ0v) is 18.9. The molecule has 0 atom stereocenters. The van der Waals surface area contributed by atoms with Crippen molar-refractivity contribution in [1.82, 2.24) is 30.1 Å². The van der Waals surface area contributed by atoms with E-state index in [1.807, 2.05) is 52.0 Å². The van der Waals surface area contributed by atoms with Crippen LogP contribution in [-0.4, -0.2) is 47.3 Å². The highest BCUT2D eigenvalue weighted by atomic mass is 16.5. The minimum atomic E-state index is -0.506. The summed E-state index contributed by atoms with van der Waals surface area (Å²) >= 11 is 0. The van der Waals surface area contributed by atoms with Gasteiger partial charge in [0.25, 0.3) is 5.89 Å². The minimum Gasteiger partial charge on any atom is -0.394 e. The first-order chi connectivity index (χ1) is 15.7. The molecule has 0 bridgehead atoms. The van der Waals surface area contributed by atoms with Gasteiger partial charge in [-0.3, -0.25) is 0 Å². The number of hydrogen-bond acceptors (Lipinski definition) is 10. The molecule has 170 valence electrons.